The van der Waals surface area contributed by atoms with Crippen LogP contribution in [0.5, 0.6) is 0 Å². The highest BCUT2D eigenvalue weighted by atomic mass is 32.2. The number of aromatic nitrogens is 2. The number of thioether (sulfide) groups is 2. The topological polar surface area (TPSA) is 177 Å². The molecule has 2 atom stereocenters. The zero-order chi connectivity index (χ0) is 24.4. The van der Waals surface area contributed by atoms with E-state index in [0.29, 0.717) is 17.1 Å². The molecule has 0 aliphatic carbocycles. The van der Waals surface area contributed by atoms with Gasteiger partial charge in [0.2, 0.25) is 12.4 Å². The Labute approximate surface area is 205 Å². The molecule has 12 nitrogen and oxygen atoms in total. The molecule has 34 heavy (non-hydrogen) atoms. The molecule has 0 unspecified atom stereocenters. The zero-order valence-electron chi connectivity index (χ0n) is 17.6. The minimum Gasteiger partial charge on any atom is -0.543 e. The fraction of sp³-hybridized carbons (Fsp3) is 0.263. The maximum Gasteiger partial charge on any atom is 0.276 e. The molecule has 0 bridgehead atoms. The van der Waals surface area contributed by atoms with Gasteiger partial charge < -0.3 is 26.2 Å². The molecule has 2 aromatic heterocycles. The first-order valence-electron chi connectivity index (χ1n) is 9.78. The number of fused-ring (bicyclic) bond motifs is 1. The summed E-state index contributed by atoms with van der Waals surface area (Å²) in [6.07, 6.45) is 3.66. The molecule has 2 aliphatic heterocycles. The number of nitrogens with two attached hydrogens (primary N) is 1. The van der Waals surface area contributed by atoms with Crippen LogP contribution in [0.2, 0.25) is 0 Å². The molecule has 0 spiro atoms. The lowest BCUT2D eigenvalue weighted by Gasteiger charge is -2.50. The number of carbonyl (C=O) groups excluding carboxylic acids is 3. The molecule has 2 aliphatic rings. The predicted octanol–water partition coefficient (Wildman–Crippen LogP) is -1.44. The standard InChI is InChI=1S/C19H19N7O5S3/c1-21-25-4-2-10(3-5-25)32-6-9-7-33-17-13(16(28)26(17)14(9)18(29)30)23-15(27)12(24-31)11-8-34-19(20)22-11/h2-5,8,13,17,21H,6-7H2,1H3,(H4-,20,22,23,27,29,30,31)/t13-,17-/m1/s1. The van der Waals surface area contributed by atoms with E-state index in [2.05, 4.69) is 20.9 Å². The quantitative estimate of drug-likeness (QED) is 0.0803. The Kier molecular flexibility index (Phi) is 6.95. The Morgan fingerprint density at radius 3 is 2.76 bits per heavy atom. The molecular formula is C19H19N7O5S3. The van der Waals surface area contributed by atoms with Gasteiger partial charge in [0, 0.05) is 33.9 Å². The summed E-state index contributed by atoms with van der Waals surface area (Å²) in [6, 6.07) is 2.78. The van der Waals surface area contributed by atoms with E-state index in [9.17, 15) is 24.7 Å². The SMILES string of the molecule is CN[n+]1ccc(SCC2=C(C(=O)[O-])N3C(=O)[C@@H](NC(=O)/C(=N\O)c4csc(N)n4)[C@H]3SC2)cc1. The predicted molar refractivity (Wildman–Crippen MR) is 125 cm³/mol. The molecule has 0 radical (unpaired) electrons. The summed E-state index contributed by atoms with van der Waals surface area (Å²) in [4.78, 5) is 43.3. The third kappa shape index (κ3) is 4.53. The maximum absolute atomic E-state index is 12.8. The summed E-state index contributed by atoms with van der Waals surface area (Å²) in [5.41, 5.74) is 8.57. The zero-order valence-corrected chi connectivity index (χ0v) is 20.1. The molecule has 4 heterocycles. The van der Waals surface area contributed by atoms with E-state index in [1.807, 2.05) is 24.5 Å². The van der Waals surface area contributed by atoms with Gasteiger partial charge in [0.05, 0.1) is 18.7 Å². The van der Waals surface area contributed by atoms with E-state index in [-0.39, 0.29) is 16.5 Å². The Morgan fingerprint density at radius 2 is 2.18 bits per heavy atom. The number of nitrogens with one attached hydrogen (secondary N) is 2. The van der Waals surface area contributed by atoms with E-state index in [4.69, 9.17) is 5.73 Å². The minimum absolute atomic E-state index is 0.0678. The van der Waals surface area contributed by atoms with E-state index in [0.717, 1.165) is 21.1 Å². The molecule has 0 saturated carbocycles. The van der Waals surface area contributed by atoms with Gasteiger partial charge in [-0.15, -0.1) is 34.9 Å². The van der Waals surface area contributed by atoms with Gasteiger partial charge in [-0.05, 0) is 5.57 Å². The normalized spacial score (nSPS) is 20.0. The number of carbonyl (C=O) groups is 3. The van der Waals surface area contributed by atoms with E-state index >= 15 is 0 Å². The summed E-state index contributed by atoms with van der Waals surface area (Å²) in [7, 11) is 1.78. The second kappa shape index (κ2) is 9.90. The summed E-state index contributed by atoms with van der Waals surface area (Å²) in [5.74, 6) is -2.15. The van der Waals surface area contributed by atoms with Crippen molar-refractivity contribution in [2.75, 3.05) is 29.7 Å². The fourth-order valence-corrected chi connectivity index (χ4v) is 6.35. The number of aliphatic carboxylic acids is 1. The van der Waals surface area contributed by atoms with Crippen LogP contribution >= 0.6 is 34.9 Å². The molecule has 1 saturated heterocycles. The summed E-state index contributed by atoms with van der Waals surface area (Å²) >= 11 is 3.84. The van der Waals surface area contributed by atoms with Crippen LogP contribution in [0, 0.1) is 0 Å². The number of hydrogen-bond acceptors (Lipinski definition) is 12. The molecular weight excluding hydrogens is 502 g/mol. The van der Waals surface area contributed by atoms with Crippen LogP contribution < -0.4 is 26.3 Å². The van der Waals surface area contributed by atoms with Crippen LogP contribution in [0.4, 0.5) is 5.13 Å². The van der Waals surface area contributed by atoms with Crippen LogP contribution in [-0.2, 0) is 14.4 Å². The number of pyridine rings is 1. The molecule has 1 fully saturated rings. The number of thiazole rings is 1. The highest BCUT2D eigenvalue weighted by Crippen LogP contribution is 2.41. The van der Waals surface area contributed by atoms with Crippen LogP contribution in [0.25, 0.3) is 0 Å². The third-order valence-electron chi connectivity index (χ3n) is 5.08. The van der Waals surface area contributed by atoms with Gasteiger partial charge in [0.1, 0.15) is 17.1 Å². The largest absolute Gasteiger partial charge is 0.543 e. The number of nitrogens with zero attached hydrogens (tertiary/aromatic N) is 4. The van der Waals surface area contributed by atoms with Crippen molar-refractivity contribution in [3.05, 3.63) is 46.9 Å². The summed E-state index contributed by atoms with van der Waals surface area (Å²) in [5, 5.41) is 27.6. The monoisotopic (exact) mass is 521 g/mol. The molecule has 15 heteroatoms. The lowest BCUT2D eigenvalue weighted by atomic mass is 10.0. The number of amides is 2. The van der Waals surface area contributed by atoms with E-state index < -0.39 is 34.9 Å². The first-order chi connectivity index (χ1) is 16.3. The van der Waals surface area contributed by atoms with Crippen molar-refractivity contribution in [2.45, 2.75) is 16.3 Å². The van der Waals surface area contributed by atoms with Gasteiger partial charge in [-0.1, -0.05) is 9.83 Å². The number of carboxylic acid groups (broad SMARTS) is 1. The Hall–Kier alpha value is -3.30. The Bertz CT molecular complexity index is 1200. The van der Waals surface area contributed by atoms with E-state index in [1.54, 1.807) is 11.7 Å². The lowest BCUT2D eigenvalue weighted by molar-refractivity contribution is -0.647. The van der Waals surface area contributed by atoms with Crippen molar-refractivity contribution in [1.82, 2.24) is 15.2 Å². The molecule has 2 aromatic rings. The molecule has 4 rings (SSSR count). The Balaban J connectivity index is 1.46. The van der Waals surface area contributed by atoms with Gasteiger partial charge in [-0.3, -0.25) is 14.5 Å². The van der Waals surface area contributed by atoms with Crippen molar-refractivity contribution < 1.29 is 29.4 Å². The van der Waals surface area contributed by atoms with Gasteiger partial charge in [-0.2, -0.15) is 5.43 Å². The second-order valence-corrected chi connectivity index (χ2v) is 10.1. The Morgan fingerprint density at radius 1 is 1.44 bits per heavy atom. The van der Waals surface area contributed by atoms with Crippen LogP contribution in [0.3, 0.4) is 0 Å². The average Bonchev–Trinajstić information content (AvgIpc) is 3.26. The van der Waals surface area contributed by atoms with Crippen molar-refractivity contribution in [1.29, 1.82) is 0 Å². The number of anilines is 1. The van der Waals surface area contributed by atoms with Crippen molar-refractivity contribution in [3.63, 3.8) is 0 Å². The van der Waals surface area contributed by atoms with Gasteiger partial charge in [0.25, 0.3) is 11.8 Å². The number of hydrogen-bond donors (Lipinski definition) is 4. The average molecular weight is 522 g/mol. The second-order valence-electron chi connectivity index (χ2n) is 7.07. The number of rotatable bonds is 8. The number of β-lactam (4-membered cyclic amide) rings is 1. The smallest absolute Gasteiger partial charge is 0.276 e. The van der Waals surface area contributed by atoms with Gasteiger partial charge in [0.15, 0.2) is 10.8 Å². The number of oxime groups is 1. The molecule has 178 valence electrons. The highest BCUT2D eigenvalue weighted by Gasteiger charge is 2.53. The maximum atomic E-state index is 12.8. The van der Waals surface area contributed by atoms with Crippen LogP contribution in [-0.4, -0.2) is 68.6 Å². The van der Waals surface area contributed by atoms with Crippen molar-refractivity contribution in [2.24, 2.45) is 5.16 Å². The summed E-state index contributed by atoms with van der Waals surface area (Å²) < 4.78 is 1.76. The lowest BCUT2D eigenvalue weighted by Crippen LogP contribution is -2.71. The van der Waals surface area contributed by atoms with Crippen LogP contribution in [0.1, 0.15) is 5.69 Å². The fourth-order valence-electron chi connectivity index (χ4n) is 3.43. The van der Waals surface area contributed by atoms with Crippen molar-refractivity contribution >= 4 is 63.5 Å². The molecule has 2 amide bonds. The summed E-state index contributed by atoms with van der Waals surface area (Å²) in [6.45, 7) is 0. The highest BCUT2D eigenvalue weighted by molar-refractivity contribution is 8.01. The molecule has 5 N–H and O–H groups in total. The molecule has 0 aromatic carbocycles. The van der Waals surface area contributed by atoms with Crippen LogP contribution in [0.15, 0.2) is 51.2 Å². The number of carboxylic acids is 1. The van der Waals surface area contributed by atoms with Gasteiger partial charge in [-0.25, -0.2) is 4.98 Å². The first-order valence-corrected chi connectivity index (χ1v) is 12.7. The number of nitrogen functional groups attached to an aromatic ring is 1. The minimum atomic E-state index is -1.45. The first kappa shape index (κ1) is 23.8. The third-order valence-corrected chi connectivity index (χ3v) is 8.19. The van der Waals surface area contributed by atoms with Crippen molar-refractivity contribution in [3.8, 4) is 0 Å². The van der Waals surface area contributed by atoms with E-state index in [1.165, 1.54) is 28.9 Å². The van der Waals surface area contributed by atoms with Gasteiger partial charge >= 0.3 is 0 Å².